The number of aliphatic hydroxyl groups excluding tert-OH is 1. The summed E-state index contributed by atoms with van der Waals surface area (Å²) in [5.74, 6) is 0. The summed E-state index contributed by atoms with van der Waals surface area (Å²) in [6.07, 6.45) is 4.44. The first-order valence-corrected chi connectivity index (χ1v) is 6.60. The fourth-order valence-corrected chi connectivity index (χ4v) is 2.16. The Bertz CT molecular complexity index is 473. The van der Waals surface area contributed by atoms with Crippen LogP contribution in [0, 0.1) is 0 Å². The van der Waals surface area contributed by atoms with E-state index >= 15 is 0 Å². The Morgan fingerprint density at radius 1 is 1.16 bits per heavy atom. The number of hydrogen-bond acceptors (Lipinski definition) is 3. The van der Waals surface area contributed by atoms with Crippen molar-refractivity contribution in [3.63, 3.8) is 0 Å². The molecule has 2 rings (SSSR count). The van der Waals surface area contributed by atoms with Crippen LogP contribution in [-0.4, -0.2) is 22.7 Å². The molecule has 0 saturated heterocycles. The highest BCUT2D eigenvalue weighted by Crippen LogP contribution is 2.12. The first-order chi connectivity index (χ1) is 9.29. The zero-order valence-corrected chi connectivity index (χ0v) is 11.2. The molecule has 0 aliphatic rings. The third-order valence-corrected chi connectivity index (χ3v) is 3.22. The highest BCUT2D eigenvalue weighted by Gasteiger charge is 2.13. The van der Waals surface area contributed by atoms with Crippen LogP contribution >= 0.6 is 0 Å². The number of benzene rings is 1. The van der Waals surface area contributed by atoms with Gasteiger partial charge in [-0.25, -0.2) is 0 Å². The van der Waals surface area contributed by atoms with Crippen LogP contribution in [0.3, 0.4) is 0 Å². The van der Waals surface area contributed by atoms with E-state index in [9.17, 15) is 5.11 Å². The molecule has 19 heavy (non-hydrogen) atoms. The second kappa shape index (κ2) is 7.02. The highest BCUT2D eigenvalue weighted by molar-refractivity contribution is 5.17. The fraction of sp³-hybridized carbons (Fsp3) is 0.312. The first kappa shape index (κ1) is 13.7. The van der Waals surface area contributed by atoms with E-state index in [4.69, 9.17) is 0 Å². The molecule has 0 bridgehead atoms. The summed E-state index contributed by atoms with van der Waals surface area (Å²) in [6.45, 7) is 2.21. The largest absolute Gasteiger partial charge is 0.395 e. The van der Waals surface area contributed by atoms with Gasteiger partial charge in [-0.1, -0.05) is 36.4 Å². The molecule has 2 aromatic rings. The van der Waals surface area contributed by atoms with E-state index in [1.807, 2.05) is 36.5 Å². The lowest BCUT2D eigenvalue weighted by Gasteiger charge is -2.22. The van der Waals surface area contributed by atoms with E-state index in [1.54, 1.807) is 6.20 Å². The van der Waals surface area contributed by atoms with Gasteiger partial charge in [-0.05, 0) is 30.5 Å². The van der Waals surface area contributed by atoms with Crippen LogP contribution in [0.4, 0.5) is 0 Å². The van der Waals surface area contributed by atoms with Gasteiger partial charge in [0.15, 0.2) is 0 Å². The second-order valence-corrected chi connectivity index (χ2v) is 4.74. The predicted molar refractivity (Wildman–Crippen MR) is 76.8 cm³/mol. The SMILES string of the molecule is CC(N[C@H](CO)Cc1ccccc1)c1cccnc1. The monoisotopic (exact) mass is 256 g/mol. The van der Waals surface area contributed by atoms with Gasteiger partial charge >= 0.3 is 0 Å². The third-order valence-electron chi connectivity index (χ3n) is 3.22. The Hall–Kier alpha value is -1.71. The Balaban J connectivity index is 1.96. The minimum atomic E-state index is 0.0533. The van der Waals surface area contributed by atoms with Crippen LogP contribution in [0.1, 0.15) is 24.1 Å². The summed E-state index contributed by atoms with van der Waals surface area (Å²) in [5.41, 5.74) is 2.36. The molecule has 0 amide bonds. The second-order valence-electron chi connectivity index (χ2n) is 4.74. The Kier molecular flexibility index (Phi) is 5.07. The topological polar surface area (TPSA) is 45.1 Å². The molecule has 1 unspecified atom stereocenters. The van der Waals surface area contributed by atoms with E-state index in [-0.39, 0.29) is 18.7 Å². The van der Waals surface area contributed by atoms with Crippen LogP contribution in [-0.2, 0) is 6.42 Å². The number of pyridine rings is 1. The lowest BCUT2D eigenvalue weighted by Crippen LogP contribution is -2.36. The lowest BCUT2D eigenvalue weighted by molar-refractivity contribution is 0.232. The molecule has 3 heteroatoms. The maximum atomic E-state index is 9.51. The maximum Gasteiger partial charge on any atom is 0.0588 e. The number of nitrogens with zero attached hydrogens (tertiary/aromatic N) is 1. The molecule has 0 aliphatic heterocycles. The van der Waals surface area contributed by atoms with Gasteiger partial charge < -0.3 is 10.4 Å². The van der Waals surface area contributed by atoms with Gasteiger partial charge in [0.1, 0.15) is 0 Å². The van der Waals surface area contributed by atoms with Gasteiger partial charge in [0.05, 0.1) is 6.61 Å². The Morgan fingerprint density at radius 3 is 2.58 bits per heavy atom. The van der Waals surface area contributed by atoms with Crippen LogP contribution in [0.5, 0.6) is 0 Å². The Morgan fingerprint density at radius 2 is 1.95 bits per heavy atom. The molecule has 2 atom stereocenters. The summed E-state index contributed by atoms with van der Waals surface area (Å²) < 4.78 is 0. The number of aromatic nitrogens is 1. The average molecular weight is 256 g/mol. The number of nitrogens with one attached hydrogen (secondary N) is 1. The predicted octanol–water partition coefficient (Wildman–Crippen LogP) is 2.34. The van der Waals surface area contributed by atoms with Crippen molar-refractivity contribution in [2.75, 3.05) is 6.61 Å². The molecule has 1 aromatic heterocycles. The van der Waals surface area contributed by atoms with Crippen LogP contribution < -0.4 is 5.32 Å². The molecular formula is C16H20N2O. The van der Waals surface area contributed by atoms with Crippen LogP contribution in [0.15, 0.2) is 54.9 Å². The standard InChI is InChI=1S/C16H20N2O/c1-13(15-8-5-9-17-11-15)18-16(12-19)10-14-6-3-2-4-7-14/h2-9,11,13,16,18-19H,10,12H2,1H3/t13?,16-/m0/s1. The van der Waals surface area contributed by atoms with Gasteiger partial charge in [0.2, 0.25) is 0 Å². The maximum absolute atomic E-state index is 9.51. The highest BCUT2D eigenvalue weighted by atomic mass is 16.3. The molecule has 1 heterocycles. The van der Waals surface area contributed by atoms with Crippen LogP contribution in [0.25, 0.3) is 0 Å². The molecule has 100 valence electrons. The zero-order valence-electron chi connectivity index (χ0n) is 11.2. The molecule has 0 radical (unpaired) electrons. The average Bonchev–Trinajstić information content (AvgIpc) is 2.48. The van der Waals surface area contributed by atoms with Crippen molar-refractivity contribution >= 4 is 0 Å². The van der Waals surface area contributed by atoms with E-state index in [0.717, 1.165) is 12.0 Å². The van der Waals surface area contributed by atoms with Crippen molar-refractivity contribution < 1.29 is 5.11 Å². The number of hydrogen-bond donors (Lipinski definition) is 2. The molecule has 0 spiro atoms. The summed E-state index contributed by atoms with van der Waals surface area (Å²) in [6, 6.07) is 14.4. The van der Waals surface area contributed by atoms with Crippen molar-refractivity contribution in [1.29, 1.82) is 0 Å². The van der Waals surface area contributed by atoms with Crippen molar-refractivity contribution in [3.05, 3.63) is 66.0 Å². The molecular weight excluding hydrogens is 236 g/mol. The summed E-state index contributed by atoms with van der Waals surface area (Å²) in [4.78, 5) is 4.12. The van der Waals surface area contributed by atoms with Gasteiger partial charge in [0, 0.05) is 24.5 Å². The van der Waals surface area contributed by atoms with E-state index in [1.165, 1.54) is 5.56 Å². The summed E-state index contributed by atoms with van der Waals surface area (Å²) >= 11 is 0. The number of aliphatic hydroxyl groups is 1. The molecule has 3 nitrogen and oxygen atoms in total. The first-order valence-electron chi connectivity index (χ1n) is 6.60. The van der Waals surface area contributed by atoms with Crippen LogP contribution in [0.2, 0.25) is 0 Å². The minimum Gasteiger partial charge on any atom is -0.395 e. The van der Waals surface area contributed by atoms with Crippen molar-refractivity contribution in [3.8, 4) is 0 Å². The van der Waals surface area contributed by atoms with Gasteiger partial charge in [-0.2, -0.15) is 0 Å². The lowest BCUT2D eigenvalue weighted by atomic mass is 10.0. The molecule has 0 saturated carbocycles. The van der Waals surface area contributed by atoms with Crippen molar-refractivity contribution in [2.45, 2.75) is 25.4 Å². The van der Waals surface area contributed by atoms with E-state index < -0.39 is 0 Å². The van der Waals surface area contributed by atoms with Crippen molar-refractivity contribution in [2.24, 2.45) is 0 Å². The Labute approximate surface area is 114 Å². The molecule has 2 N–H and O–H groups in total. The summed E-state index contributed by atoms with van der Waals surface area (Å²) in [7, 11) is 0. The molecule has 1 aromatic carbocycles. The normalized spacial score (nSPS) is 14.0. The molecule has 0 fully saturated rings. The third kappa shape index (κ3) is 4.16. The fourth-order valence-electron chi connectivity index (χ4n) is 2.16. The number of rotatable bonds is 6. The molecule has 0 aliphatic carbocycles. The van der Waals surface area contributed by atoms with Crippen molar-refractivity contribution in [1.82, 2.24) is 10.3 Å². The smallest absolute Gasteiger partial charge is 0.0588 e. The van der Waals surface area contributed by atoms with E-state index in [2.05, 4.69) is 29.4 Å². The quantitative estimate of drug-likeness (QED) is 0.834. The zero-order chi connectivity index (χ0) is 13.5. The van der Waals surface area contributed by atoms with Gasteiger partial charge in [-0.3, -0.25) is 4.98 Å². The summed E-state index contributed by atoms with van der Waals surface area (Å²) in [5, 5.41) is 12.9. The van der Waals surface area contributed by atoms with Gasteiger partial charge in [-0.15, -0.1) is 0 Å². The van der Waals surface area contributed by atoms with E-state index in [0.29, 0.717) is 0 Å². The minimum absolute atomic E-state index is 0.0533. The van der Waals surface area contributed by atoms with Gasteiger partial charge in [0.25, 0.3) is 0 Å².